The fourth-order valence-electron chi connectivity index (χ4n) is 3.37. The average Bonchev–Trinajstić information content (AvgIpc) is 2.94. The second-order valence-electron chi connectivity index (χ2n) is 5.99. The lowest BCUT2D eigenvalue weighted by Crippen LogP contribution is -2.22. The number of phenols is 1. The Morgan fingerprint density at radius 3 is 2.83 bits per heavy atom. The molecule has 4 rings (SSSR count). The van der Waals surface area contributed by atoms with Gasteiger partial charge in [-0.15, -0.1) is 0 Å². The van der Waals surface area contributed by atoms with Crippen LogP contribution in [0.5, 0.6) is 5.75 Å². The summed E-state index contributed by atoms with van der Waals surface area (Å²) >= 11 is 0. The summed E-state index contributed by atoms with van der Waals surface area (Å²) in [6, 6.07) is 11.4. The Hall–Kier alpha value is -2.79. The van der Waals surface area contributed by atoms with Gasteiger partial charge in [0.15, 0.2) is 0 Å². The SMILES string of the molecule is O=CC1c2c(cc3cccnc3c2O)CN1Cc1ccc(F)cc1. The number of hydrogen-bond donors (Lipinski definition) is 1. The van der Waals surface area contributed by atoms with Crippen LogP contribution in [0, 0.1) is 5.82 Å². The molecular weight excluding hydrogens is 307 g/mol. The monoisotopic (exact) mass is 322 g/mol. The van der Waals surface area contributed by atoms with Crippen LogP contribution in [0.15, 0.2) is 48.7 Å². The summed E-state index contributed by atoms with van der Waals surface area (Å²) < 4.78 is 13.1. The molecule has 0 radical (unpaired) electrons. The first kappa shape index (κ1) is 14.8. The maximum absolute atomic E-state index is 13.1. The van der Waals surface area contributed by atoms with E-state index in [2.05, 4.69) is 4.98 Å². The van der Waals surface area contributed by atoms with Crippen molar-refractivity contribution < 1.29 is 14.3 Å². The first-order valence-electron chi connectivity index (χ1n) is 7.70. The molecule has 0 spiro atoms. The van der Waals surface area contributed by atoms with Gasteiger partial charge in [0.1, 0.15) is 23.4 Å². The summed E-state index contributed by atoms with van der Waals surface area (Å²) in [5, 5.41) is 11.4. The van der Waals surface area contributed by atoms with E-state index in [1.165, 1.54) is 12.1 Å². The van der Waals surface area contributed by atoms with E-state index >= 15 is 0 Å². The van der Waals surface area contributed by atoms with E-state index < -0.39 is 6.04 Å². The third-order valence-corrected chi connectivity index (χ3v) is 4.48. The number of aromatic hydroxyl groups is 1. The maximum atomic E-state index is 13.1. The van der Waals surface area contributed by atoms with Crippen molar-refractivity contribution in [2.24, 2.45) is 0 Å². The quantitative estimate of drug-likeness (QED) is 0.752. The van der Waals surface area contributed by atoms with Crippen LogP contribution in [0.2, 0.25) is 0 Å². The van der Waals surface area contributed by atoms with E-state index in [-0.39, 0.29) is 11.6 Å². The Morgan fingerprint density at radius 1 is 1.29 bits per heavy atom. The van der Waals surface area contributed by atoms with Crippen LogP contribution < -0.4 is 0 Å². The van der Waals surface area contributed by atoms with E-state index in [1.807, 2.05) is 23.1 Å². The molecule has 2 aromatic carbocycles. The van der Waals surface area contributed by atoms with E-state index in [9.17, 15) is 14.3 Å². The Morgan fingerprint density at radius 2 is 2.08 bits per heavy atom. The Kier molecular flexibility index (Phi) is 3.50. The first-order valence-corrected chi connectivity index (χ1v) is 7.70. The van der Waals surface area contributed by atoms with Crippen LogP contribution in [0.4, 0.5) is 4.39 Å². The molecule has 0 aliphatic carbocycles. The molecule has 1 unspecified atom stereocenters. The minimum Gasteiger partial charge on any atom is -0.505 e. The summed E-state index contributed by atoms with van der Waals surface area (Å²) in [6.45, 7) is 1.05. The number of aldehydes is 1. The van der Waals surface area contributed by atoms with Crippen LogP contribution in [0.3, 0.4) is 0 Å². The number of pyridine rings is 1. The summed E-state index contributed by atoms with van der Waals surface area (Å²) in [7, 11) is 0. The van der Waals surface area contributed by atoms with Gasteiger partial charge in [-0.3, -0.25) is 9.88 Å². The van der Waals surface area contributed by atoms with Gasteiger partial charge in [-0.25, -0.2) is 4.39 Å². The average molecular weight is 322 g/mol. The number of hydrogen-bond acceptors (Lipinski definition) is 4. The maximum Gasteiger partial charge on any atom is 0.147 e. The number of carbonyl (C=O) groups is 1. The van der Waals surface area contributed by atoms with Crippen molar-refractivity contribution in [2.45, 2.75) is 19.1 Å². The van der Waals surface area contributed by atoms with Crippen LogP contribution in [-0.4, -0.2) is 21.3 Å². The lowest BCUT2D eigenvalue weighted by atomic mass is 10.0. The molecule has 4 nitrogen and oxygen atoms in total. The van der Waals surface area contributed by atoms with Crippen molar-refractivity contribution in [2.75, 3.05) is 0 Å². The van der Waals surface area contributed by atoms with Crippen molar-refractivity contribution in [3.63, 3.8) is 0 Å². The van der Waals surface area contributed by atoms with Gasteiger partial charge in [-0.1, -0.05) is 18.2 Å². The van der Waals surface area contributed by atoms with Gasteiger partial charge in [-0.2, -0.15) is 0 Å². The molecule has 0 saturated heterocycles. The van der Waals surface area contributed by atoms with Gasteiger partial charge in [0, 0.05) is 30.2 Å². The highest BCUT2D eigenvalue weighted by molar-refractivity contribution is 5.88. The molecular formula is C19H15FN2O2. The summed E-state index contributed by atoms with van der Waals surface area (Å²) in [5.41, 5.74) is 2.97. The first-order chi connectivity index (χ1) is 11.7. The summed E-state index contributed by atoms with van der Waals surface area (Å²) in [6.07, 6.45) is 2.46. The molecule has 1 aromatic heterocycles. The predicted octanol–water partition coefficient (Wildman–Crippen LogP) is 3.34. The van der Waals surface area contributed by atoms with Crippen molar-refractivity contribution in [1.29, 1.82) is 0 Å². The normalized spacial score (nSPS) is 17.1. The predicted molar refractivity (Wildman–Crippen MR) is 87.9 cm³/mol. The molecule has 3 aromatic rings. The number of fused-ring (bicyclic) bond motifs is 2. The Balaban J connectivity index is 1.74. The molecule has 1 N–H and O–H groups in total. The molecule has 0 fully saturated rings. The number of rotatable bonds is 3. The molecule has 0 bridgehead atoms. The highest BCUT2D eigenvalue weighted by Gasteiger charge is 2.33. The molecule has 1 aliphatic rings. The molecule has 5 heteroatoms. The molecule has 0 saturated carbocycles. The lowest BCUT2D eigenvalue weighted by Gasteiger charge is -2.20. The van der Waals surface area contributed by atoms with Crippen LogP contribution in [0.25, 0.3) is 10.9 Å². The topological polar surface area (TPSA) is 53.4 Å². The molecule has 120 valence electrons. The van der Waals surface area contributed by atoms with Crippen LogP contribution >= 0.6 is 0 Å². The standard InChI is InChI=1S/C19H15FN2O2/c20-15-5-3-12(4-6-15)9-22-10-14-8-13-2-1-7-21-18(13)19(24)17(14)16(22)11-23/h1-8,11,16,24H,9-10H2. The molecule has 1 atom stereocenters. The van der Waals surface area contributed by atoms with Crippen molar-refractivity contribution in [1.82, 2.24) is 9.88 Å². The number of phenolic OH excluding ortho intramolecular Hbond substituents is 1. The van der Waals surface area contributed by atoms with Gasteiger partial charge < -0.3 is 9.90 Å². The van der Waals surface area contributed by atoms with Gasteiger partial charge in [0.2, 0.25) is 0 Å². The van der Waals surface area contributed by atoms with Crippen molar-refractivity contribution >= 4 is 17.2 Å². The summed E-state index contributed by atoms with van der Waals surface area (Å²) in [4.78, 5) is 17.9. The van der Waals surface area contributed by atoms with E-state index in [4.69, 9.17) is 0 Å². The highest BCUT2D eigenvalue weighted by Crippen LogP contribution is 2.42. The van der Waals surface area contributed by atoms with Gasteiger partial charge in [0.05, 0.1) is 6.04 Å². The van der Waals surface area contributed by atoms with E-state index in [0.717, 1.165) is 22.8 Å². The zero-order valence-electron chi connectivity index (χ0n) is 12.8. The van der Waals surface area contributed by atoms with Gasteiger partial charge >= 0.3 is 0 Å². The molecule has 0 amide bonds. The largest absolute Gasteiger partial charge is 0.505 e. The second-order valence-corrected chi connectivity index (χ2v) is 5.99. The fourth-order valence-corrected chi connectivity index (χ4v) is 3.37. The number of halogens is 1. The van der Waals surface area contributed by atoms with Crippen LogP contribution in [0.1, 0.15) is 22.7 Å². The lowest BCUT2D eigenvalue weighted by molar-refractivity contribution is -0.112. The van der Waals surface area contributed by atoms with Gasteiger partial charge in [0.25, 0.3) is 0 Å². The third kappa shape index (κ3) is 2.34. The molecule has 24 heavy (non-hydrogen) atoms. The van der Waals surface area contributed by atoms with Gasteiger partial charge in [-0.05, 0) is 35.4 Å². The molecule has 2 heterocycles. The Bertz CT molecular complexity index is 925. The molecule has 1 aliphatic heterocycles. The van der Waals surface area contributed by atoms with Crippen LogP contribution in [-0.2, 0) is 17.9 Å². The number of benzene rings is 2. The Labute approximate surface area is 138 Å². The number of nitrogens with zero attached hydrogens (tertiary/aromatic N) is 2. The summed E-state index contributed by atoms with van der Waals surface area (Å²) in [5.74, 6) is -0.216. The highest BCUT2D eigenvalue weighted by atomic mass is 19.1. The van der Waals surface area contributed by atoms with Crippen molar-refractivity contribution in [3.8, 4) is 5.75 Å². The third-order valence-electron chi connectivity index (χ3n) is 4.48. The minimum absolute atomic E-state index is 0.0711. The zero-order chi connectivity index (χ0) is 16.7. The number of aromatic nitrogens is 1. The van der Waals surface area contributed by atoms with E-state index in [1.54, 1.807) is 18.3 Å². The van der Waals surface area contributed by atoms with E-state index in [0.29, 0.717) is 24.2 Å². The second kappa shape index (κ2) is 5.69. The zero-order valence-corrected chi connectivity index (χ0v) is 12.8. The smallest absolute Gasteiger partial charge is 0.147 e. The van der Waals surface area contributed by atoms with Crippen molar-refractivity contribution in [3.05, 3.63) is 71.2 Å². The minimum atomic E-state index is -0.531. The number of carbonyl (C=O) groups excluding carboxylic acids is 1. The fraction of sp³-hybridized carbons (Fsp3) is 0.158.